The van der Waals surface area contributed by atoms with Gasteiger partial charge in [-0.05, 0) is 70.9 Å². The number of rotatable bonds is 3. The van der Waals surface area contributed by atoms with Gasteiger partial charge in [0.25, 0.3) is 0 Å². The third-order valence-electron chi connectivity index (χ3n) is 6.48. The summed E-state index contributed by atoms with van der Waals surface area (Å²) in [6.45, 7) is 9.27. The SMILES string of the molecule is Cc1nc(CN2CCC3(CC2)CC3C(=O)N2CCCCC2)c(C)[nH]1. The van der Waals surface area contributed by atoms with Gasteiger partial charge in [0.2, 0.25) is 5.91 Å². The highest BCUT2D eigenvalue weighted by molar-refractivity contribution is 5.82. The summed E-state index contributed by atoms with van der Waals surface area (Å²) in [5.41, 5.74) is 2.71. The lowest BCUT2D eigenvalue weighted by Gasteiger charge is -2.33. The maximum atomic E-state index is 12.8. The molecule has 132 valence electrons. The van der Waals surface area contributed by atoms with E-state index in [2.05, 4.69) is 26.7 Å². The van der Waals surface area contributed by atoms with E-state index < -0.39 is 0 Å². The van der Waals surface area contributed by atoms with Crippen LogP contribution < -0.4 is 0 Å². The molecular formula is C19H30N4O. The zero-order valence-corrected chi connectivity index (χ0v) is 15.1. The van der Waals surface area contributed by atoms with Crippen molar-refractivity contribution in [2.75, 3.05) is 26.2 Å². The quantitative estimate of drug-likeness (QED) is 0.927. The number of carbonyl (C=O) groups is 1. The molecule has 2 saturated heterocycles. The van der Waals surface area contributed by atoms with Gasteiger partial charge >= 0.3 is 0 Å². The first-order valence-electron chi connectivity index (χ1n) is 9.61. The molecule has 0 radical (unpaired) electrons. The van der Waals surface area contributed by atoms with Crippen molar-refractivity contribution in [3.05, 3.63) is 17.2 Å². The van der Waals surface area contributed by atoms with Crippen LogP contribution >= 0.6 is 0 Å². The van der Waals surface area contributed by atoms with Crippen LogP contribution in [0.3, 0.4) is 0 Å². The first-order chi connectivity index (χ1) is 11.6. The highest BCUT2D eigenvalue weighted by atomic mass is 16.2. The summed E-state index contributed by atoms with van der Waals surface area (Å²) < 4.78 is 0. The number of carbonyl (C=O) groups excluding carboxylic acids is 1. The van der Waals surface area contributed by atoms with Gasteiger partial charge in [-0.1, -0.05) is 0 Å². The molecule has 24 heavy (non-hydrogen) atoms. The molecule has 0 bridgehead atoms. The summed E-state index contributed by atoms with van der Waals surface area (Å²) in [7, 11) is 0. The number of H-pyrrole nitrogens is 1. The van der Waals surface area contributed by atoms with Crippen LogP contribution in [0, 0.1) is 25.2 Å². The number of hydrogen-bond donors (Lipinski definition) is 1. The Bertz CT molecular complexity index is 609. The van der Waals surface area contributed by atoms with Gasteiger partial charge in [0.15, 0.2) is 0 Å². The van der Waals surface area contributed by atoms with Crippen molar-refractivity contribution in [2.45, 2.75) is 58.9 Å². The fourth-order valence-electron chi connectivity index (χ4n) is 4.76. The van der Waals surface area contributed by atoms with Crippen LogP contribution in [0.1, 0.15) is 55.7 Å². The molecule has 3 aliphatic rings. The van der Waals surface area contributed by atoms with E-state index in [4.69, 9.17) is 0 Å². The van der Waals surface area contributed by atoms with Crippen molar-refractivity contribution >= 4 is 5.91 Å². The highest BCUT2D eigenvalue weighted by Gasteiger charge is 2.59. The molecular weight excluding hydrogens is 300 g/mol. The molecule has 3 fully saturated rings. The lowest BCUT2D eigenvalue weighted by molar-refractivity contribution is -0.134. The van der Waals surface area contributed by atoms with Gasteiger partial charge in [0.05, 0.1) is 5.69 Å². The fraction of sp³-hybridized carbons (Fsp3) is 0.789. The van der Waals surface area contributed by atoms with Crippen LogP contribution in [0.15, 0.2) is 0 Å². The van der Waals surface area contributed by atoms with Crippen LogP contribution in [0.25, 0.3) is 0 Å². The Morgan fingerprint density at radius 1 is 1.17 bits per heavy atom. The molecule has 1 aromatic heterocycles. The normalized spacial score (nSPS) is 26.8. The van der Waals surface area contributed by atoms with Gasteiger partial charge in [-0.3, -0.25) is 9.69 Å². The summed E-state index contributed by atoms with van der Waals surface area (Å²) in [6.07, 6.45) is 7.18. The lowest BCUT2D eigenvalue weighted by Crippen LogP contribution is -2.40. The molecule has 2 aliphatic heterocycles. The Balaban J connectivity index is 1.30. The Morgan fingerprint density at radius 2 is 1.88 bits per heavy atom. The molecule has 4 rings (SSSR count). The second-order valence-electron chi connectivity index (χ2n) is 8.18. The molecule has 1 aromatic rings. The number of likely N-dealkylation sites (tertiary alicyclic amines) is 2. The number of aryl methyl sites for hydroxylation is 2. The largest absolute Gasteiger partial charge is 0.346 e. The van der Waals surface area contributed by atoms with Crippen molar-refractivity contribution in [1.82, 2.24) is 19.8 Å². The van der Waals surface area contributed by atoms with E-state index in [9.17, 15) is 4.79 Å². The number of nitrogens with zero attached hydrogens (tertiary/aromatic N) is 3. The van der Waals surface area contributed by atoms with Crippen LogP contribution in [-0.2, 0) is 11.3 Å². The predicted molar refractivity (Wildman–Crippen MR) is 93.5 cm³/mol. The van der Waals surface area contributed by atoms with Gasteiger partial charge in [-0.25, -0.2) is 4.98 Å². The smallest absolute Gasteiger partial charge is 0.226 e. The number of aromatic nitrogens is 2. The highest BCUT2D eigenvalue weighted by Crippen LogP contribution is 2.60. The summed E-state index contributed by atoms with van der Waals surface area (Å²) in [4.78, 5) is 25.3. The number of imidazole rings is 1. The Kier molecular flexibility index (Phi) is 4.15. The minimum absolute atomic E-state index is 0.326. The van der Waals surface area contributed by atoms with E-state index in [1.165, 1.54) is 43.5 Å². The van der Waals surface area contributed by atoms with Gasteiger partial charge in [-0.2, -0.15) is 0 Å². The van der Waals surface area contributed by atoms with E-state index in [1.54, 1.807) is 0 Å². The molecule has 1 aliphatic carbocycles. The third kappa shape index (κ3) is 2.99. The average Bonchev–Trinajstić information content (AvgIpc) is 3.20. The van der Waals surface area contributed by atoms with Crippen molar-refractivity contribution in [3.63, 3.8) is 0 Å². The van der Waals surface area contributed by atoms with Crippen molar-refractivity contribution in [1.29, 1.82) is 0 Å². The molecule has 1 atom stereocenters. The fourth-order valence-corrected chi connectivity index (χ4v) is 4.76. The lowest BCUT2D eigenvalue weighted by atomic mass is 9.90. The summed E-state index contributed by atoms with van der Waals surface area (Å²) >= 11 is 0. The molecule has 1 spiro atoms. The molecule has 3 heterocycles. The van der Waals surface area contributed by atoms with Crippen molar-refractivity contribution in [2.24, 2.45) is 11.3 Å². The summed E-state index contributed by atoms with van der Waals surface area (Å²) in [5, 5.41) is 0. The van der Waals surface area contributed by atoms with Gasteiger partial charge in [-0.15, -0.1) is 0 Å². The van der Waals surface area contributed by atoms with Gasteiger partial charge in [0, 0.05) is 31.2 Å². The zero-order valence-electron chi connectivity index (χ0n) is 15.1. The topological polar surface area (TPSA) is 52.2 Å². The Morgan fingerprint density at radius 3 is 2.50 bits per heavy atom. The van der Waals surface area contributed by atoms with E-state index in [0.29, 0.717) is 17.2 Å². The first-order valence-corrected chi connectivity index (χ1v) is 9.61. The molecule has 1 unspecified atom stereocenters. The number of amides is 1. The molecule has 0 aromatic carbocycles. The summed E-state index contributed by atoms with van der Waals surface area (Å²) in [6, 6.07) is 0. The minimum atomic E-state index is 0.326. The maximum absolute atomic E-state index is 12.8. The average molecular weight is 330 g/mol. The number of nitrogens with one attached hydrogen (secondary N) is 1. The number of piperidine rings is 2. The predicted octanol–water partition coefficient (Wildman–Crippen LogP) is 2.64. The van der Waals surface area contributed by atoms with Crippen molar-refractivity contribution in [3.8, 4) is 0 Å². The van der Waals surface area contributed by atoms with Crippen LogP contribution in [0.2, 0.25) is 0 Å². The zero-order chi connectivity index (χ0) is 16.7. The maximum Gasteiger partial charge on any atom is 0.226 e. The van der Waals surface area contributed by atoms with Crippen LogP contribution in [0.4, 0.5) is 0 Å². The Hall–Kier alpha value is -1.36. The Labute approximate surface area is 144 Å². The van der Waals surface area contributed by atoms with Crippen molar-refractivity contribution < 1.29 is 4.79 Å². The molecule has 1 N–H and O–H groups in total. The number of hydrogen-bond acceptors (Lipinski definition) is 3. The molecule has 5 heteroatoms. The molecule has 5 nitrogen and oxygen atoms in total. The van der Waals surface area contributed by atoms with E-state index in [-0.39, 0.29) is 0 Å². The van der Waals surface area contributed by atoms with Gasteiger partial charge < -0.3 is 9.88 Å². The standard InChI is InChI=1S/C19H30N4O/c1-14-17(21-15(2)20-14)13-22-10-6-19(7-11-22)12-16(19)18(24)23-8-4-3-5-9-23/h16H,3-13H2,1-2H3,(H,20,21). The van der Waals surface area contributed by atoms with E-state index in [0.717, 1.165) is 45.0 Å². The van der Waals surface area contributed by atoms with Crippen LogP contribution in [-0.4, -0.2) is 51.9 Å². The van der Waals surface area contributed by atoms with E-state index in [1.807, 2.05) is 6.92 Å². The first kappa shape index (κ1) is 16.1. The molecule has 1 amide bonds. The minimum Gasteiger partial charge on any atom is -0.346 e. The monoisotopic (exact) mass is 330 g/mol. The second kappa shape index (κ2) is 6.17. The second-order valence-corrected chi connectivity index (χ2v) is 8.18. The third-order valence-corrected chi connectivity index (χ3v) is 6.48. The van der Waals surface area contributed by atoms with Crippen LogP contribution in [0.5, 0.6) is 0 Å². The molecule has 1 saturated carbocycles. The summed E-state index contributed by atoms with van der Waals surface area (Å²) in [5.74, 6) is 1.79. The number of aromatic amines is 1. The van der Waals surface area contributed by atoms with E-state index >= 15 is 0 Å². The van der Waals surface area contributed by atoms with Gasteiger partial charge in [0.1, 0.15) is 5.82 Å².